The van der Waals surface area contributed by atoms with Crippen LogP contribution in [0, 0.1) is 11.8 Å². The summed E-state index contributed by atoms with van der Waals surface area (Å²) in [6, 6.07) is 0.0651. The fourth-order valence-corrected chi connectivity index (χ4v) is 2.20. The molecule has 0 radical (unpaired) electrons. The number of amides is 2. The maximum Gasteiger partial charge on any atom is 0.229 e. The molecule has 1 rings (SSSR count). The van der Waals surface area contributed by atoms with Crippen LogP contribution in [0.1, 0.15) is 6.92 Å². The van der Waals surface area contributed by atoms with Gasteiger partial charge in [-0.25, -0.2) is 0 Å². The summed E-state index contributed by atoms with van der Waals surface area (Å²) in [4.78, 5) is 25.3. The molecular formula is C12H23N3O3. The Kier molecular flexibility index (Phi) is 5.55. The lowest BCUT2D eigenvalue weighted by atomic mass is 10.0. The molecule has 1 aliphatic heterocycles. The van der Waals surface area contributed by atoms with Gasteiger partial charge in [-0.05, 0) is 7.05 Å². The van der Waals surface area contributed by atoms with Crippen molar-refractivity contribution in [1.82, 2.24) is 15.5 Å². The molecule has 2 N–H and O–H groups in total. The number of nitrogens with one attached hydrogen (secondary N) is 2. The summed E-state index contributed by atoms with van der Waals surface area (Å²) >= 11 is 0. The first-order valence-corrected chi connectivity index (χ1v) is 6.22. The SMILES string of the molecule is CNC(=O)C(C)CN(C)C(=O)C1COCC1NC. The molecule has 3 unspecified atom stereocenters. The van der Waals surface area contributed by atoms with Gasteiger partial charge in [0, 0.05) is 26.7 Å². The van der Waals surface area contributed by atoms with Crippen LogP contribution in [0.2, 0.25) is 0 Å². The van der Waals surface area contributed by atoms with Crippen molar-refractivity contribution in [3.63, 3.8) is 0 Å². The maximum atomic E-state index is 12.2. The fourth-order valence-electron chi connectivity index (χ4n) is 2.20. The van der Waals surface area contributed by atoms with Gasteiger partial charge in [0.05, 0.1) is 25.0 Å². The Labute approximate surface area is 108 Å². The molecule has 0 saturated carbocycles. The van der Waals surface area contributed by atoms with Crippen molar-refractivity contribution in [2.45, 2.75) is 13.0 Å². The molecule has 3 atom stereocenters. The Bertz CT molecular complexity index is 309. The number of carbonyl (C=O) groups excluding carboxylic acids is 2. The van der Waals surface area contributed by atoms with E-state index in [1.807, 2.05) is 14.0 Å². The zero-order chi connectivity index (χ0) is 13.7. The van der Waals surface area contributed by atoms with Gasteiger partial charge in [-0.3, -0.25) is 9.59 Å². The third-order valence-electron chi connectivity index (χ3n) is 3.39. The van der Waals surface area contributed by atoms with Gasteiger partial charge in [0.15, 0.2) is 0 Å². The lowest BCUT2D eigenvalue weighted by Gasteiger charge is -2.25. The highest BCUT2D eigenvalue weighted by Gasteiger charge is 2.35. The molecule has 0 aromatic rings. The standard InChI is InChI=1S/C12H23N3O3/c1-8(11(16)14-3)5-15(4)12(17)9-6-18-7-10(9)13-2/h8-10,13H,5-7H2,1-4H3,(H,14,16). The van der Waals surface area contributed by atoms with Crippen molar-refractivity contribution >= 4 is 11.8 Å². The average Bonchev–Trinajstić information content (AvgIpc) is 2.84. The third kappa shape index (κ3) is 3.43. The molecule has 0 aliphatic carbocycles. The zero-order valence-electron chi connectivity index (χ0n) is 11.5. The number of rotatable bonds is 5. The Balaban J connectivity index is 2.53. The number of ether oxygens (including phenoxy) is 1. The molecule has 0 bridgehead atoms. The number of nitrogens with zero attached hydrogens (tertiary/aromatic N) is 1. The lowest BCUT2D eigenvalue weighted by molar-refractivity contribution is -0.136. The molecule has 0 spiro atoms. The van der Waals surface area contributed by atoms with Crippen LogP contribution in [0.5, 0.6) is 0 Å². The number of hydrogen-bond donors (Lipinski definition) is 2. The minimum Gasteiger partial charge on any atom is -0.379 e. The second-order valence-corrected chi connectivity index (χ2v) is 4.77. The summed E-state index contributed by atoms with van der Waals surface area (Å²) < 4.78 is 5.32. The minimum absolute atomic E-state index is 0.0302. The molecule has 0 aromatic carbocycles. The van der Waals surface area contributed by atoms with Gasteiger partial charge in [-0.1, -0.05) is 6.92 Å². The topological polar surface area (TPSA) is 70.7 Å². The average molecular weight is 257 g/mol. The van der Waals surface area contributed by atoms with E-state index < -0.39 is 0 Å². The molecule has 0 aromatic heterocycles. The van der Waals surface area contributed by atoms with Crippen molar-refractivity contribution in [2.24, 2.45) is 11.8 Å². The predicted molar refractivity (Wildman–Crippen MR) is 68.0 cm³/mol. The maximum absolute atomic E-state index is 12.2. The smallest absolute Gasteiger partial charge is 0.229 e. The normalized spacial score (nSPS) is 24.7. The molecule has 1 fully saturated rings. The first-order valence-electron chi connectivity index (χ1n) is 6.22. The summed E-state index contributed by atoms with van der Waals surface area (Å²) in [5, 5.41) is 5.67. The predicted octanol–water partition coefficient (Wildman–Crippen LogP) is -0.939. The van der Waals surface area contributed by atoms with E-state index in [9.17, 15) is 9.59 Å². The van der Waals surface area contributed by atoms with Gasteiger partial charge in [-0.15, -0.1) is 0 Å². The Morgan fingerprint density at radius 3 is 2.61 bits per heavy atom. The zero-order valence-corrected chi connectivity index (χ0v) is 11.5. The van der Waals surface area contributed by atoms with Crippen molar-refractivity contribution in [3.05, 3.63) is 0 Å². The molecule has 18 heavy (non-hydrogen) atoms. The van der Waals surface area contributed by atoms with Crippen LogP contribution in [0.25, 0.3) is 0 Å². The number of likely N-dealkylation sites (N-methyl/N-ethyl adjacent to an activating group) is 1. The van der Waals surface area contributed by atoms with Gasteiger partial charge in [0.2, 0.25) is 11.8 Å². The third-order valence-corrected chi connectivity index (χ3v) is 3.39. The van der Waals surface area contributed by atoms with Crippen LogP contribution < -0.4 is 10.6 Å². The molecule has 1 saturated heterocycles. The highest BCUT2D eigenvalue weighted by atomic mass is 16.5. The summed E-state index contributed by atoms with van der Waals surface area (Å²) in [5.74, 6) is -0.388. The molecule has 6 heteroatoms. The molecular weight excluding hydrogens is 234 g/mol. The van der Waals surface area contributed by atoms with Gasteiger partial charge >= 0.3 is 0 Å². The van der Waals surface area contributed by atoms with Crippen LogP contribution in [-0.4, -0.2) is 63.7 Å². The van der Waals surface area contributed by atoms with E-state index in [-0.39, 0.29) is 29.7 Å². The highest BCUT2D eigenvalue weighted by Crippen LogP contribution is 2.16. The van der Waals surface area contributed by atoms with E-state index in [4.69, 9.17) is 4.74 Å². The van der Waals surface area contributed by atoms with E-state index in [0.717, 1.165) is 0 Å². The molecule has 1 heterocycles. The van der Waals surface area contributed by atoms with Crippen LogP contribution in [0.15, 0.2) is 0 Å². The Morgan fingerprint density at radius 1 is 1.39 bits per heavy atom. The second kappa shape index (κ2) is 6.70. The minimum atomic E-state index is -0.209. The second-order valence-electron chi connectivity index (χ2n) is 4.77. The van der Waals surface area contributed by atoms with E-state index in [0.29, 0.717) is 19.8 Å². The molecule has 104 valence electrons. The van der Waals surface area contributed by atoms with Crippen LogP contribution in [0.3, 0.4) is 0 Å². The van der Waals surface area contributed by atoms with Crippen LogP contribution in [0.4, 0.5) is 0 Å². The summed E-state index contributed by atoms with van der Waals surface area (Å²) in [6.45, 7) is 3.24. The number of hydrogen-bond acceptors (Lipinski definition) is 4. The van der Waals surface area contributed by atoms with Crippen LogP contribution in [-0.2, 0) is 14.3 Å². The van der Waals surface area contributed by atoms with Crippen molar-refractivity contribution in [3.8, 4) is 0 Å². The Hall–Kier alpha value is -1.14. The van der Waals surface area contributed by atoms with Crippen molar-refractivity contribution in [2.75, 3.05) is 40.9 Å². The first kappa shape index (κ1) is 14.9. The van der Waals surface area contributed by atoms with Gasteiger partial charge < -0.3 is 20.3 Å². The van der Waals surface area contributed by atoms with Gasteiger partial charge in [0.1, 0.15) is 0 Å². The van der Waals surface area contributed by atoms with E-state index in [2.05, 4.69) is 10.6 Å². The monoisotopic (exact) mass is 257 g/mol. The van der Waals surface area contributed by atoms with Crippen molar-refractivity contribution in [1.29, 1.82) is 0 Å². The van der Waals surface area contributed by atoms with Crippen molar-refractivity contribution < 1.29 is 14.3 Å². The lowest BCUT2D eigenvalue weighted by Crippen LogP contribution is -2.45. The summed E-state index contributed by atoms with van der Waals surface area (Å²) in [7, 11) is 5.15. The fraction of sp³-hybridized carbons (Fsp3) is 0.833. The molecule has 6 nitrogen and oxygen atoms in total. The van der Waals surface area contributed by atoms with E-state index >= 15 is 0 Å². The molecule has 2 amide bonds. The van der Waals surface area contributed by atoms with Crippen LogP contribution >= 0.6 is 0 Å². The Morgan fingerprint density at radius 2 is 2.06 bits per heavy atom. The van der Waals surface area contributed by atoms with Gasteiger partial charge in [-0.2, -0.15) is 0 Å². The number of carbonyl (C=O) groups is 2. The van der Waals surface area contributed by atoms with E-state index in [1.54, 1.807) is 19.0 Å². The first-order chi connectivity index (χ1) is 8.51. The highest BCUT2D eigenvalue weighted by molar-refractivity contribution is 5.82. The van der Waals surface area contributed by atoms with E-state index in [1.165, 1.54) is 0 Å². The molecule has 1 aliphatic rings. The summed E-state index contributed by atoms with van der Waals surface area (Å²) in [6.07, 6.45) is 0. The quantitative estimate of drug-likeness (QED) is 0.667. The van der Waals surface area contributed by atoms with Gasteiger partial charge in [0.25, 0.3) is 0 Å². The summed E-state index contributed by atoms with van der Waals surface area (Å²) in [5.41, 5.74) is 0. The largest absolute Gasteiger partial charge is 0.379 e.